The fourth-order valence-corrected chi connectivity index (χ4v) is 2.79. The zero-order valence-corrected chi connectivity index (χ0v) is 13.5. The van der Waals surface area contributed by atoms with Crippen molar-refractivity contribution in [1.82, 2.24) is 10.9 Å². The van der Waals surface area contributed by atoms with Crippen LogP contribution in [-0.4, -0.2) is 11.9 Å². The molecule has 1 aliphatic heterocycles. The summed E-state index contributed by atoms with van der Waals surface area (Å²) in [7, 11) is 0. The van der Waals surface area contributed by atoms with E-state index in [9.17, 15) is 9.18 Å². The topological polar surface area (TPSA) is 53.2 Å². The highest BCUT2D eigenvalue weighted by atomic mass is 35.5. The van der Waals surface area contributed by atoms with E-state index in [1.807, 2.05) is 24.3 Å². The van der Waals surface area contributed by atoms with Crippen LogP contribution in [0, 0.1) is 5.82 Å². The maximum Gasteiger partial charge on any atom is 0.242 e. The average molecular weight is 354 g/mol. The van der Waals surface area contributed by atoms with Crippen molar-refractivity contribution in [3.63, 3.8) is 0 Å². The van der Waals surface area contributed by atoms with Crippen molar-refractivity contribution in [2.24, 2.45) is 0 Å². The molecule has 4 nitrogen and oxygen atoms in total. The number of benzene rings is 2. The number of rotatable bonds is 3. The Labute approximate surface area is 142 Å². The van der Waals surface area contributed by atoms with E-state index in [0.717, 1.165) is 11.6 Å². The number of halogens is 3. The Bertz CT molecular complexity index is 724. The second-order valence-electron chi connectivity index (χ2n) is 5.29. The summed E-state index contributed by atoms with van der Waals surface area (Å²) in [6.45, 7) is 0. The lowest BCUT2D eigenvalue weighted by Crippen LogP contribution is -2.39. The van der Waals surface area contributed by atoms with Gasteiger partial charge in [-0.1, -0.05) is 35.3 Å². The van der Waals surface area contributed by atoms with Crippen LogP contribution in [0.3, 0.4) is 0 Å². The quantitative estimate of drug-likeness (QED) is 0.788. The van der Waals surface area contributed by atoms with E-state index in [4.69, 9.17) is 23.2 Å². The second kappa shape index (κ2) is 6.84. The largest absolute Gasteiger partial charge is 0.323 e. The molecule has 1 aliphatic rings. The smallest absolute Gasteiger partial charge is 0.242 e. The molecule has 3 rings (SSSR count). The molecule has 0 bridgehead atoms. The lowest BCUT2D eigenvalue weighted by atomic mass is 10.0. The van der Waals surface area contributed by atoms with Gasteiger partial charge >= 0.3 is 0 Å². The Morgan fingerprint density at radius 1 is 1.13 bits per heavy atom. The standard InChI is InChI=1S/C16H14Cl2FN3O/c17-10-3-1-9(2-4-10)14-8-15(22-21-14)16(23)20-13-6-5-11(19)7-12(13)18/h1-7,14-15,21-22H,8H2,(H,20,23). The first-order chi connectivity index (χ1) is 11.0. The predicted octanol–water partition coefficient (Wildman–Crippen LogP) is 3.68. The van der Waals surface area contributed by atoms with Gasteiger partial charge in [0.15, 0.2) is 0 Å². The maximum absolute atomic E-state index is 13.0. The Morgan fingerprint density at radius 2 is 1.87 bits per heavy atom. The average Bonchev–Trinajstić information content (AvgIpc) is 3.01. The van der Waals surface area contributed by atoms with Crippen LogP contribution in [0.15, 0.2) is 42.5 Å². The molecule has 23 heavy (non-hydrogen) atoms. The van der Waals surface area contributed by atoms with Crippen molar-refractivity contribution in [2.75, 3.05) is 5.32 Å². The van der Waals surface area contributed by atoms with E-state index in [-0.39, 0.29) is 17.0 Å². The van der Waals surface area contributed by atoms with E-state index in [2.05, 4.69) is 16.2 Å². The Balaban J connectivity index is 1.64. The number of hydrogen-bond donors (Lipinski definition) is 3. The fraction of sp³-hybridized carbons (Fsp3) is 0.188. The van der Waals surface area contributed by atoms with Crippen molar-refractivity contribution in [2.45, 2.75) is 18.5 Å². The summed E-state index contributed by atoms with van der Waals surface area (Å²) in [5.74, 6) is -0.682. The highest BCUT2D eigenvalue weighted by Gasteiger charge is 2.30. The minimum absolute atomic E-state index is 0.00621. The number of carbonyl (C=O) groups is 1. The summed E-state index contributed by atoms with van der Waals surface area (Å²) in [5, 5.41) is 3.53. The summed E-state index contributed by atoms with van der Waals surface area (Å²) in [5.41, 5.74) is 7.47. The number of hydrazine groups is 1. The normalized spacial score (nSPS) is 20.5. The Kier molecular flexibility index (Phi) is 4.82. The molecule has 0 saturated carbocycles. The van der Waals surface area contributed by atoms with Gasteiger partial charge in [-0.3, -0.25) is 4.79 Å². The molecule has 120 valence electrons. The van der Waals surface area contributed by atoms with E-state index < -0.39 is 11.9 Å². The SMILES string of the molecule is O=C(Nc1ccc(F)cc1Cl)C1CC(c2ccc(Cl)cc2)NN1. The highest BCUT2D eigenvalue weighted by molar-refractivity contribution is 6.33. The van der Waals surface area contributed by atoms with Crippen LogP contribution >= 0.6 is 23.2 Å². The second-order valence-corrected chi connectivity index (χ2v) is 6.14. The molecule has 2 unspecified atom stereocenters. The number of nitrogens with one attached hydrogen (secondary N) is 3. The van der Waals surface area contributed by atoms with E-state index in [0.29, 0.717) is 17.1 Å². The number of carbonyl (C=O) groups excluding carboxylic acids is 1. The minimum atomic E-state index is -0.448. The number of hydrogen-bond acceptors (Lipinski definition) is 3. The molecule has 2 atom stereocenters. The van der Waals surface area contributed by atoms with Crippen LogP contribution in [-0.2, 0) is 4.79 Å². The van der Waals surface area contributed by atoms with Gasteiger partial charge in [0, 0.05) is 11.1 Å². The molecule has 3 N–H and O–H groups in total. The van der Waals surface area contributed by atoms with Crippen molar-refractivity contribution >= 4 is 34.8 Å². The summed E-state index contributed by atoms with van der Waals surface area (Å²) < 4.78 is 13.0. The predicted molar refractivity (Wildman–Crippen MR) is 88.9 cm³/mol. The first kappa shape index (κ1) is 16.2. The van der Waals surface area contributed by atoms with Gasteiger partial charge < -0.3 is 5.32 Å². The molecular formula is C16H14Cl2FN3O. The molecule has 7 heteroatoms. The van der Waals surface area contributed by atoms with Crippen LogP contribution in [0.25, 0.3) is 0 Å². The molecule has 0 aliphatic carbocycles. The van der Waals surface area contributed by atoms with Gasteiger partial charge in [0.1, 0.15) is 11.9 Å². The first-order valence-electron chi connectivity index (χ1n) is 7.05. The molecule has 1 fully saturated rings. The fourth-order valence-electron chi connectivity index (χ4n) is 2.45. The maximum atomic E-state index is 13.0. The molecule has 1 heterocycles. The summed E-state index contributed by atoms with van der Waals surface area (Å²) in [6.07, 6.45) is 0.576. The van der Waals surface area contributed by atoms with Gasteiger partial charge in [0.2, 0.25) is 5.91 Å². The monoisotopic (exact) mass is 353 g/mol. The molecule has 1 saturated heterocycles. The van der Waals surface area contributed by atoms with E-state index in [1.165, 1.54) is 12.1 Å². The summed E-state index contributed by atoms with van der Waals surface area (Å²) in [6, 6.07) is 10.9. The van der Waals surface area contributed by atoms with Crippen LogP contribution in [0.1, 0.15) is 18.0 Å². The summed E-state index contributed by atoms with van der Waals surface area (Å²) in [4.78, 5) is 12.3. The van der Waals surface area contributed by atoms with Crippen LogP contribution in [0.5, 0.6) is 0 Å². The lowest BCUT2D eigenvalue weighted by molar-refractivity contribution is -0.117. The molecule has 0 spiro atoms. The third-order valence-electron chi connectivity index (χ3n) is 3.68. The number of amides is 1. The third kappa shape index (κ3) is 3.82. The van der Waals surface area contributed by atoms with Crippen molar-refractivity contribution in [1.29, 1.82) is 0 Å². The molecule has 0 aromatic heterocycles. The van der Waals surface area contributed by atoms with Crippen LogP contribution < -0.4 is 16.2 Å². The molecule has 1 amide bonds. The van der Waals surface area contributed by atoms with Gasteiger partial charge in [0.05, 0.1) is 10.7 Å². The minimum Gasteiger partial charge on any atom is -0.323 e. The van der Waals surface area contributed by atoms with Crippen LogP contribution in [0.2, 0.25) is 10.0 Å². The first-order valence-corrected chi connectivity index (χ1v) is 7.81. The molecule has 2 aromatic rings. The van der Waals surface area contributed by atoms with E-state index >= 15 is 0 Å². The van der Waals surface area contributed by atoms with Gasteiger partial charge in [-0.05, 0) is 42.3 Å². The van der Waals surface area contributed by atoms with Crippen molar-refractivity contribution in [3.8, 4) is 0 Å². The Hall–Kier alpha value is -1.66. The molecule has 2 aromatic carbocycles. The van der Waals surface area contributed by atoms with Crippen molar-refractivity contribution in [3.05, 3.63) is 63.9 Å². The molecule has 0 radical (unpaired) electrons. The lowest BCUT2D eigenvalue weighted by Gasteiger charge is -2.12. The Morgan fingerprint density at radius 3 is 2.57 bits per heavy atom. The summed E-state index contributed by atoms with van der Waals surface area (Å²) >= 11 is 11.8. The molecular weight excluding hydrogens is 340 g/mol. The number of anilines is 1. The van der Waals surface area contributed by atoms with Gasteiger partial charge in [-0.25, -0.2) is 15.2 Å². The van der Waals surface area contributed by atoms with Crippen molar-refractivity contribution < 1.29 is 9.18 Å². The zero-order chi connectivity index (χ0) is 16.4. The van der Waals surface area contributed by atoms with Gasteiger partial charge in [-0.2, -0.15) is 0 Å². The third-order valence-corrected chi connectivity index (χ3v) is 4.25. The van der Waals surface area contributed by atoms with Gasteiger partial charge in [0.25, 0.3) is 0 Å². The van der Waals surface area contributed by atoms with E-state index in [1.54, 1.807) is 0 Å². The van der Waals surface area contributed by atoms with Gasteiger partial charge in [-0.15, -0.1) is 0 Å². The zero-order valence-electron chi connectivity index (χ0n) is 11.9. The van der Waals surface area contributed by atoms with Crippen LogP contribution in [0.4, 0.5) is 10.1 Å². The highest BCUT2D eigenvalue weighted by Crippen LogP contribution is 2.26.